The molecule has 0 aliphatic heterocycles. The third-order valence-electron chi connectivity index (χ3n) is 5.44. The van der Waals surface area contributed by atoms with Crippen molar-refractivity contribution in [2.75, 3.05) is 0 Å². The minimum absolute atomic E-state index is 0.600. The summed E-state index contributed by atoms with van der Waals surface area (Å²) in [5.74, 6) is 1.53. The third-order valence-corrected chi connectivity index (χ3v) is 5.44. The molecular formula is C22H17N9. The van der Waals surface area contributed by atoms with E-state index >= 15 is 0 Å². The molecule has 150 valence electrons. The van der Waals surface area contributed by atoms with Gasteiger partial charge in [0.1, 0.15) is 16.9 Å². The minimum Gasteiger partial charge on any atom is -0.330 e. The lowest BCUT2D eigenvalue weighted by molar-refractivity contribution is 0.862. The fourth-order valence-electron chi connectivity index (χ4n) is 3.70. The Morgan fingerprint density at radius 2 is 1.81 bits per heavy atom. The third kappa shape index (κ3) is 2.71. The second-order valence-electron chi connectivity index (χ2n) is 7.27. The maximum atomic E-state index is 4.86. The molecule has 0 bridgehead atoms. The summed E-state index contributed by atoms with van der Waals surface area (Å²) in [7, 11) is 1.98. The van der Waals surface area contributed by atoms with E-state index in [-0.39, 0.29) is 0 Å². The summed E-state index contributed by atoms with van der Waals surface area (Å²) in [6.07, 6.45) is 5.34. The van der Waals surface area contributed by atoms with E-state index in [9.17, 15) is 0 Å². The van der Waals surface area contributed by atoms with Crippen LogP contribution in [-0.4, -0.2) is 44.7 Å². The zero-order valence-corrected chi connectivity index (χ0v) is 16.8. The van der Waals surface area contributed by atoms with Crippen molar-refractivity contribution >= 4 is 22.2 Å². The number of nitrogens with one attached hydrogen (secondary N) is 2. The van der Waals surface area contributed by atoms with Gasteiger partial charge in [0.05, 0.1) is 28.8 Å². The number of H-pyrrole nitrogens is 2. The molecule has 0 unspecified atom stereocenters. The topological polar surface area (TPSA) is 114 Å². The summed E-state index contributed by atoms with van der Waals surface area (Å²) in [6, 6.07) is 11.6. The van der Waals surface area contributed by atoms with Crippen molar-refractivity contribution in [2.45, 2.75) is 6.92 Å². The van der Waals surface area contributed by atoms with Crippen LogP contribution in [0.1, 0.15) is 5.82 Å². The molecule has 6 heterocycles. The molecule has 0 aromatic carbocycles. The normalized spacial score (nSPS) is 11.5. The van der Waals surface area contributed by atoms with E-state index in [1.54, 1.807) is 12.4 Å². The van der Waals surface area contributed by atoms with Crippen LogP contribution in [0.25, 0.3) is 56.4 Å². The van der Waals surface area contributed by atoms with Gasteiger partial charge in [-0.05, 0) is 37.3 Å². The van der Waals surface area contributed by atoms with Crippen LogP contribution in [0, 0.1) is 6.92 Å². The summed E-state index contributed by atoms with van der Waals surface area (Å²) < 4.78 is 2.01. The van der Waals surface area contributed by atoms with Crippen molar-refractivity contribution in [3.63, 3.8) is 0 Å². The highest BCUT2D eigenvalue weighted by molar-refractivity contribution is 5.94. The van der Waals surface area contributed by atoms with E-state index in [2.05, 4.69) is 30.1 Å². The first-order valence-corrected chi connectivity index (χ1v) is 9.79. The maximum Gasteiger partial charge on any atom is 0.162 e. The highest BCUT2D eigenvalue weighted by atomic mass is 15.2. The smallest absolute Gasteiger partial charge is 0.162 e. The van der Waals surface area contributed by atoms with Crippen molar-refractivity contribution in [3.8, 4) is 34.2 Å². The number of aromatic amines is 2. The van der Waals surface area contributed by atoms with Gasteiger partial charge in [-0.3, -0.25) is 10.1 Å². The van der Waals surface area contributed by atoms with E-state index in [1.807, 2.05) is 61.1 Å². The molecule has 0 saturated heterocycles. The van der Waals surface area contributed by atoms with E-state index < -0.39 is 0 Å². The highest BCUT2D eigenvalue weighted by Crippen LogP contribution is 2.30. The van der Waals surface area contributed by atoms with Gasteiger partial charge in [-0.2, -0.15) is 5.10 Å². The van der Waals surface area contributed by atoms with Crippen LogP contribution in [0.4, 0.5) is 0 Å². The number of nitrogens with zero attached hydrogens (tertiary/aromatic N) is 7. The van der Waals surface area contributed by atoms with Gasteiger partial charge in [0.15, 0.2) is 17.2 Å². The van der Waals surface area contributed by atoms with Gasteiger partial charge in [-0.15, -0.1) is 0 Å². The van der Waals surface area contributed by atoms with Crippen molar-refractivity contribution in [2.24, 2.45) is 7.05 Å². The molecular weight excluding hydrogens is 390 g/mol. The molecule has 9 heteroatoms. The largest absolute Gasteiger partial charge is 0.330 e. The molecule has 31 heavy (non-hydrogen) atoms. The summed E-state index contributed by atoms with van der Waals surface area (Å²) >= 11 is 0. The molecule has 0 radical (unpaired) electrons. The standard InChI is InChI=1S/C22H17N9/c1-12-25-11-17(31(12)2)15-6-7-16-19(26-15)20(30-29-16)22-27-18-13(8-10-24-21(18)28-22)14-5-3-4-9-23-14/h3-11H,1-2H3,(H,29,30)(H,24,27,28). The van der Waals surface area contributed by atoms with E-state index in [0.29, 0.717) is 17.2 Å². The Balaban J connectivity index is 1.52. The van der Waals surface area contributed by atoms with Crippen molar-refractivity contribution in [1.29, 1.82) is 0 Å². The van der Waals surface area contributed by atoms with E-state index in [1.165, 1.54) is 0 Å². The zero-order valence-electron chi connectivity index (χ0n) is 16.8. The minimum atomic E-state index is 0.600. The Labute approximate surface area is 176 Å². The molecule has 0 fully saturated rings. The molecule has 0 aliphatic rings. The second-order valence-corrected chi connectivity index (χ2v) is 7.27. The van der Waals surface area contributed by atoms with Crippen molar-refractivity contribution < 1.29 is 0 Å². The zero-order chi connectivity index (χ0) is 20.9. The first-order chi connectivity index (χ1) is 15.2. The summed E-state index contributed by atoms with van der Waals surface area (Å²) in [5.41, 5.74) is 7.13. The van der Waals surface area contributed by atoms with Gasteiger partial charge in [0, 0.05) is 25.0 Å². The molecule has 0 saturated carbocycles. The maximum absolute atomic E-state index is 4.86. The Morgan fingerprint density at radius 1 is 0.871 bits per heavy atom. The molecule has 0 spiro atoms. The van der Waals surface area contributed by atoms with Gasteiger partial charge in [0.2, 0.25) is 0 Å². The average molecular weight is 407 g/mol. The average Bonchev–Trinajstić information content (AvgIpc) is 3.50. The fourth-order valence-corrected chi connectivity index (χ4v) is 3.70. The molecule has 9 nitrogen and oxygen atoms in total. The Hall–Kier alpha value is -4.40. The van der Waals surface area contributed by atoms with Crippen molar-refractivity contribution in [3.05, 3.63) is 60.8 Å². The van der Waals surface area contributed by atoms with Gasteiger partial charge in [-0.25, -0.2) is 19.9 Å². The predicted octanol–water partition coefficient (Wildman–Crippen LogP) is 3.67. The number of fused-ring (bicyclic) bond motifs is 2. The molecule has 0 amide bonds. The molecule has 6 rings (SSSR count). The highest BCUT2D eigenvalue weighted by Gasteiger charge is 2.18. The van der Waals surface area contributed by atoms with Gasteiger partial charge in [-0.1, -0.05) is 6.07 Å². The number of rotatable bonds is 3. The summed E-state index contributed by atoms with van der Waals surface area (Å²) in [4.78, 5) is 26.2. The molecule has 0 aliphatic carbocycles. The molecule has 6 aromatic heterocycles. The van der Waals surface area contributed by atoms with E-state index in [0.717, 1.165) is 45.0 Å². The number of pyridine rings is 3. The quantitative estimate of drug-likeness (QED) is 0.463. The monoisotopic (exact) mass is 407 g/mol. The van der Waals surface area contributed by atoms with Gasteiger partial charge >= 0.3 is 0 Å². The van der Waals surface area contributed by atoms with Crippen LogP contribution < -0.4 is 0 Å². The Morgan fingerprint density at radius 3 is 2.61 bits per heavy atom. The van der Waals surface area contributed by atoms with Crippen LogP contribution in [0.5, 0.6) is 0 Å². The number of aryl methyl sites for hydroxylation is 1. The Kier molecular flexibility index (Phi) is 3.69. The molecule has 2 N–H and O–H groups in total. The Bertz CT molecular complexity index is 1560. The lowest BCUT2D eigenvalue weighted by Crippen LogP contribution is -1.96. The number of imidazole rings is 2. The number of hydrogen-bond acceptors (Lipinski definition) is 6. The first-order valence-electron chi connectivity index (χ1n) is 9.79. The number of hydrogen-bond donors (Lipinski definition) is 2. The summed E-state index contributed by atoms with van der Waals surface area (Å²) in [6.45, 7) is 1.96. The van der Waals surface area contributed by atoms with Gasteiger partial charge < -0.3 is 9.55 Å². The second kappa shape index (κ2) is 6.56. The SMILES string of the molecule is Cc1ncc(-c2ccc3[nH]nc(-c4nc5c(-c6ccccn6)ccnc5[nH]4)c3n2)n1C. The fraction of sp³-hybridized carbons (Fsp3) is 0.0909. The van der Waals surface area contributed by atoms with Crippen molar-refractivity contribution in [1.82, 2.24) is 44.7 Å². The van der Waals surface area contributed by atoms with E-state index in [4.69, 9.17) is 9.97 Å². The van der Waals surface area contributed by atoms with Crippen LogP contribution in [-0.2, 0) is 7.05 Å². The first kappa shape index (κ1) is 17.5. The van der Waals surface area contributed by atoms with Crippen LogP contribution in [0.2, 0.25) is 0 Å². The van der Waals surface area contributed by atoms with Gasteiger partial charge in [0.25, 0.3) is 0 Å². The predicted molar refractivity (Wildman–Crippen MR) is 117 cm³/mol. The lowest BCUT2D eigenvalue weighted by Gasteiger charge is -2.03. The lowest BCUT2D eigenvalue weighted by atomic mass is 10.1. The molecule has 6 aromatic rings. The summed E-state index contributed by atoms with van der Waals surface area (Å²) in [5, 5.41) is 7.53. The van der Waals surface area contributed by atoms with Crippen LogP contribution in [0.3, 0.4) is 0 Å². The molecule has 0 atom stereocenters. The number of aromatic nitrogens is 9. The van der Waals surface area contributed by atoms with Crippen LogP contribution in [0.15, 0.2) is 55.0 Å². The van der Waals surface area contributed by atoms with Crippen LogP contribution >= 0.6 is 0 Å².